The van der Waals surface area contributed by atoms with Gasteiger partial charge in [-0.1, -0.05) is 89.2 Å². The van der Waals surface area contributed by atoms with Gasteiger partial charge in [-0.3, -0.25) is 49.8 Å². The first-order valence-electron chi connectivity index (χ1n) is 29.7. The molecule has 12 rings (SSSR count). The molecule has 0 atom stereocenters. The minimum Gasteiger partial charge on any atom is -0.264 e. The van der Waals surface area contributed by atoms with Crippen molar-refractivity contribution in [1.29, 1.82) is 0 Å². The highest BCUT2D eigenvalue weighted by molar-refractivity contribution is 5.84. The van der Waals surface area contributed by atoms with Crippen molar-refractivity contribution in [2.45, 2.75) is 166 Å². The molecule has 12 aromatic rings. The summed E-state index contributed by atoms with van der Waals surface area (Å²) in [6.07, 6.45) is 16.3. The van der Waals surface area contributed by atoms with E-state index in [-0.39, 0.29) is 0 Å². The second kappa shape index (κ2) is 40.5. The largest absolute Gasteiger partial charge is 0.264 e. The van der Waals surface area contributed by atoms with E-state index in [1.807, 2.05) is 199 Å². The quantitative estimate of drug-likeness (QED) is 0.142. The highest BCUT2D eigenvalue weighted by Gasteiger charge is 2.03. The highest BCUT2D eigenvalue weighted by Crippen LogP contribution is 2.19. The first-order chi connectivity index (χ1) is 40.6. The van der Waals surface area contributed by atoms with Gasteiger partial charge in [-0.15, -0.1) is 0 Å². The molecule has 0 spiro atoms. The van der Waals surface area contributed by atoms with Gasteiger partial charge in [-0.2, -0.15) is 0 Å². The summed E-state index contributed by atoms with van der Waals surface area (Å²) in [5.74, 6) is 0. The van der Waals surface area contributed by atoms with Crippen molar-refractivity contribution in [3.63, 3.8) is 0 Å². The minimum absolute atomic E-state index is 0.843. The van der Waals surface area contributed by atoms with Crippen LogP contribution in [0.4, 0.5) is 0 Å². The Hall–Kier alpha value is -8.64. The van der Waals surface area contributed by atoms with Crippen LogP contribution in [0.1, 0.15) is 151 Å². The lowest BCUT2D eigenvalue weighted by Gasteiger charge is -2.01. The minimum atomic E-state index is 0.843. The molecule has 444 valence electrons. The van der Waals surface area contributed by atoms with Crippen molar-refractivity contribution in [3.8, 4) is 0 Å². The lowest BCUT2D eigenvalue weighted by molar-refractivity contribution is 1.13. The normalized spacial score (nSPS) is 9.43. The first-order valence-corrected chi connectivity index (χ1v) is 29.7. The van der Waals surface area contributed by atoms with Crippen LogP contribution in [0.2, 0.25) is 0 Å². The molecule has 0 fully saturated rings. The Balaban J connectivity index is 0.000000486. The van der Waals surface area contributed by atoms with E-state index in [0.29, 0.717) is 0 Å². The molecule has 0 amide bonds. The van der Waals surface area contributed by atoms with Crippen LogP contribution in [0.3, 0.4) is 0 Å². The Morgan fingerprint density at radius 1 is 0.262 bits per heavy atom. The fraction of sp³-hybridized carbons (Fsp3) is 0.333. The molecule has 0 unspecified atom stereocenters. The predicted molar refractivity (Wildman–Crippen MR) is 362 cm³/mol. The maximum Gasteiger partial charge on any atom is 0.159 e. The van der Waals surface area contributed by atoms with Crippen molar-refractivity contribution >= 4 is 65.5 Å². The summed E-state index contributed by atoms with van der Waals surface area (Å²) in [7, 11) is 0. The van der Waals surface area contributed by atoms with Crippen molar-refractivity contribution in [3.05, 3.63) is 215 Å². The highest BCUT2D eigenvalue weighted by atomic mass is 14.8. The predicted octanol–water partition coefficient (Wildman–Crippen LogP) is 19.6. The Labute approximate surface area is 503 Å². The fourth-order valence-electron chi connectivity index (χ4n) is 8.43. The molecule has 12 aromatic heterocycles. The van der Waals surface area contributed by atoms with Crippen LogP contribution in [-0.2, 0) is 0 Å². The van der Waals surface area contributed by atoms with E-state index in [9.17, 15) is 0 Å². The van der Waals surface area contributed by atoms with Gasteiger partial charge in [0.2, 0.25) is 0 Å². The monoisotopic (exact) mass is 1130 g/mol. The van der Waals surface area contributed by atoms with Crippen molar-refractivity contribution in [1.82, 2.24) is 59.8 Å². The molecule has 0 aromatic carbocycles. The molecule has 0 saturated heterocycles. The van der Waals surface area contributed by atoms with E-state index in [2.05, 4.69) is 130 Å². The summed E-state index contributed by atoms with van der Waals surface area (Å²) in [6, 6.07) is 30.2. The molecule has 0 N–H and O–H groups in total. The Kier molecular flexibility index (Phi) is 35.4. The molecule has 12 heterocycles. The number of aryl methyl sites for hydroxylation is 12. The molecule has 0 bridgehead atoms. The van der Waals surface area contributed by atoms with Gasteiger partial charge >= 0.3 is 0 Å². The molecular weight excluding hydrogens is 1030 g/mol. The van der Waals surface area contributed by atoms with Crippen LogP contribution < -0.4 is 0 Å². The number of hydrogen-bond donors (Lipinski definition) is 0. The van der Waals surface area contributed by atoms with E-state index in [4.69, 9.17) is 0 Å². The third-order valence-electron chi connectivity index (χ3n) is 11.5. The van der Waals surface area contributed by atoms with Crippen LogP contribution in [0.5, 0.6) is 0 Å². The van der Waals surface area contributed by atoms with Crippen LogP contribution in [0.15, 0.2) is 147 Å². The molecule has 12 nitrogen and oxygen atoms in total. The van der Waals surface area contributed by atoms with Gasteiger partial charge in [0, 0.05) is 116 Å². The van der Waals surface area contributed by atoms with Crippen LogP contribution in [0, 0.1) is 83.1 Å². The van der Waals surface area contributed by atoms with Gasteiger partial charge in [-0.05, 0) is 196 Å². The van der Waals surface area contributed by atoms with Crippen molar-refractivity contribution < 1.29 is 0 Å². The van der Waals surface area contributed by atoms with Crippen molar-refractivity contribution in [2.24, 2.45) is 0 Å². The third-order valence-corrected chi connectivity index (χ3v) is 11.5. The maximum absolute atomic E-state index is 4.40. The van der Waals surface area contributed by atoms with Crippen LogP contribution in [0.25, 0.3) is 65.5 Å². The van der Waals surface area contributed by atoms with Gasteiger partial charge in [0.25, 0.3) is 0 Å². The van der Waals surface area contributed by atoms with Gasteiger partial charge < -0.3 is 0 Å². The molecule has 0 saturated carbocycles. The smallest absolute Gasteiger partial charge is 0.159 e. The Bertz CT molecular complexity index is 3180. The zero-order valence-electron chi connectivity index (χ0n) is 55.2. The summed E-state index contributed by atoms with van der Waals surface area (Å²) in [5, 5.41) is 7.00. The van der Waals surface area contributed by atoms with Gasteiger partial charge in [-0.25, -0.2) is 9.97 Å². The molecule has 0 aliphatic heterocycles. The maximum atomic E-state index is 4.40. The number of hydrogen-bond acceptors (Lipinski definition) is 12. The first kappa shape index (κ1) is 73.4. The third kappa shape index (κ3) is 23.0. The van der Waals surface area contributed by atoms with E-state index in [1.54, 1.807) is 43.4 Å². The second-order valence-electron chi connectivity index (χ2n) is 17.7. The standard InChI is InChI=1S/6C10H10N2.6C2H6/c1-7-5-9-3-4-11-6-10(9)8(2)12-7;1-7-5-8(2)12-10-3-4-11-6-9(7)10;1-7-5-8(2)12-10-6-11-4-3-9(7)10;1-7-6-9-4-3-5-11-10(9)8(2)12-7;1-7-6-8(2)12-9-4-3-5-11-10(7)9;1-7-6-8(2)12-10-9(7)4-3-5-11-10;6*1-2/h6*3-6H,1-2H3;6*1-2H3. The van der Waals surface area contributed by atoms with Gasteiger partial charge in [0.15, 0.2) is 5.65 Å². The second-order valence-corrected chi connectivity index (χ2v) is 17.7. The number of aromatic nitrogens is 12. The molecular formula is C72H96N12. The van der Waals surface area contributed by atoms with Crippen molar-refractivity contribution in [2.75, 3.05) is 0 Å². The summed E-state index contributed by atoms with van der Waals surface area (Å²) < 4.78 is 0. The summed E-state index contributed by atoms with van der Waals surface area (Å²) in [5.41, 5.74) is 19.1. The topological polar surface area (TPSA) is 155 Å². The zero-order valence-corrected chi connectivity index (χ0v) is 55.2. The molecule has 0 radical (unpaired) electrons. The van der Waals surface area contributed by atoms with E-state index in [0.717, 1.165) is 94.9 Å². The molecule has 84 heavy (non-hydrogen) atoms. The number of pyridine rings is 12. The Morgan fingerprint density at radius 2 is 0.690 bits per heavy atom. The van der Waals surface area contributed by atoms with E-state index in [1.165, 1.54) is 38.4 Å². The SMILES string of the molecule is CC.CC.CC.CC.CC.CC.Cc1cc(C)c2cccnc2n1.Cc1cc(C)c2ccncc2n1.Cc1cc(C)c2cnccc2n1.Cc1cc(C)c2ncccc2n1.Cc1cc2cccnc2c(C)n1.Cc1cc2ccncc2c(C)n1. The fourth-order valence-corrected chi connectivity index (χ4v) is 8.43. The molecule has 0 aliphatic rings. The average molecular weight is 1130 g/mol. The summed E-state index contributed by atoms with van der Waals surface area (Å²) in [6.45, 7) is 48.3. The summed E-state index contributed by atoms with van der Waals surface area (Å²) >= 11 is 0. The Morgan fingerprint density at radius 3 is 1.32 bits per heavy atom. The van der Waals surface area contributed by atoms with Gasteiger partial charge in [0.05, 0.1) is 39.5 Å². The van der Waals surface area contributed by atoms with E-state index < -0.39 is 0 Å². The van der Waals surface area contributed by atoms with Gasteiger partial charge in [0.1, 0.15) is 0 Å². The number of nitrogens with zero attached hydrogens (tertiary/aromatic N) is 12. The number of fused-ring (bicyclic) bond motifs is 6. The lowest BCUT2D eigenvalue weighted by atomic mass is 10.1. The molecule has 12 heteroatoms. The van der Waals surface area contributed by atoms with Crippen LogP contribution >= 0.6 is 0 Å². The lowest BCUT2D eigenvalue weighted by Crippen LogP contribution is -1.89. The number of rotatable bonds is 0. The summed E-state index contributed by atoms with van der Waals surface area (Å²) in [4.78, 5) is 51.0. The van der Waals surface area contributed by atoms with E-state index >= 15 is 0 Å². The van der Waals surface area contributed by atoms with Crippen LogP contribution in [-0.4, -0.2) is 59.8 Å². The average Bonchev–Trinajstić information content (AvgIpc) is 3.71. The molecule has 0 aliphatic carbocycles. The zero-order chi connectivity index (χ0) is 63.3.